The fourth-order valence-electron chi connectivity index (χ4n) is 2.13. The fraction of sp³-hybridized carbons (Fsp3) is 0.538. The van der Waals surface area contributed by atoms with E-state index in [0.29, 0.717) is 12.5 Å². The van der Waals surface area contributed by atoms with E-state index >= 15 is 0 Å². The van der Waals surface area contributed by atoms with E-state index in [9.17, 15) is 4.79 Å². The molecule has 1 N–H and O–H groups in total. The van der Waals surface area contributed by atoms with Gasteiger partial charge in [-0.25, -0.2) is 0 Å². The normalized spacial score (nSPS) is 21.2. The second-order valence-corrected chi connectivity index (χ2v) is 4.37. The molecule has 3 nitrogen and oxygen atoms in total. The number of carbonyl (C=O) groups excluding carboxylic acids is 1. The van der Waals surface area contributed by atoms with Crippen molar-refractivity contribution >= 4 is 5.91 Å². The van der Waals surface area contributed by atoms with Crippen molar-refractivity contribution in [1.82, 2.24) is 10.3 Å². The highest BCUT2D eigenvalue weighted by Gasteiger charge is 2.15. The lowest BCUT2D eigenvalue weighted by atomic mass is 10.0. The minimum Gasteiger partial charge on any atom is -0.353 e. The van der Waals surface area contributed by atoms with E-state index < -0.39 is 0 Å². The van der Waals surface area contributed by atoms with Gasteiger partial charge in [0.15, 0.2) is 0 Å². The number of rotatable bonds is 3. The molecule has 0 spiro atoms. The number of amides is 1. The third kappa shape index (κ3) is 3.33. The second kappa shape index (κ2) is 5.64. The molecule has 1 atom stereocenters. The first-order valence-corrected chi connectivity index (χ1v) is 6.04. The molecule has 3 heteroatoms. The summed E-state index contributed by atoms with van der Waals surface area (Å²) in [6.07, 6.45) is 7.77. The Morgan fingerprint density at radius 1 is 1.38 bits per heavy atom. The fourth-order valence-corrected chi connectivity index (χ4v) is 2.13. The quantitative estimate of drug-likeness (QED) is 0.844. The van der Waals surface area contributed by atoms with Gasteiger partial charge in [-0.3, -0.25) is 9.78 Å². The Hall–Kier alpha value is -1.38. The van der Waals surface area contributed by atoms with Crippen molar-refractivity contribution in [3.63, 3.8) is 0 Å². The van der Waals surface area contributed by atoms with Crippen LogP contribution in [0.1, 0.15) is 37.8 Å². The molecule has 0 aliphatic carbocycles. The van der Waals surface area contributed by atoms with Gasteiger partial charge < -0.3 is 5.32 Å². The van der Waals surface area contributed by atoms with E-state index in [1.807, 2.05) is 24.4 Å². The van der Waals surface area contributed by atoms with Crippen molar-refractivity contribution in [2.75, 3.05) is 0 Å². The molecule has 0 saturated carbocycles. The summed E-state index contributed by atoms with van der Waals surface area (Å²) < 4.78 is 0. The van der Waals surface area contributed by atoms with E-state index in [0.717, 1.165) is 37.8 Å². The molecule has 1 aromatic rings. The molecule has 1 amide bonds. The zero-order valence-corrected chi connectivity index (χ0v) is 9.48. The molecule has 1 aromatic heterocycles. The molecule has 1 saturated heterocycles. The van der Waals surface area contributed by atoms with E-state index in [1.165, 1.54) is 0 Å². The molecule has 86 valence electrons. The van der Waals surface area contributed by atoms with Crippen molar-refractivity contribution < 1.29 is 4.79 Å². The van der Waals surface area contributed by atoms with Crippen molar-refractivity contribution in [2.24, 2.45) is 0 Å². The lowest BCUT2D eigenvalue weighted by Crippen LogP contribution is -2.33. The molecule has 1 aliphatic heterocycles. The molecule has 1 unspecified atom stereocenters. The van der Waals surface area contributed by atoms with Gasteiger partial charge in [-0.1, -0.05) is 12.5 Å². The number of hydrogen-bond acceptors (Lipinski definition) is 2. The summed E-state index contributed by atoms with van der Waals surface area (Å²) in [7, 11) is 0. The Labute approximate surface area is 96.3 Å². The van der Waals surface area contributed by atoms with E-state index in [2.05, 4.69) is 10.3 Å². The number of carbonyl (C=O) groups is 1. The van der Waals surface area contributed by atoms with Crippen molar-refractivity contribution in [3.8, 4) is 0 Å². The Balaban J connectivity index is 1.83. The molecule has 0 radical (unpaired) electrons. The zero-order chi connectivity index (χ0) is 11.2. The number of nitrogens with zero attached hydrogens (tertiary/aromatic N) is 1. The van der Waals surface area contributed by atoms with Crippen molar-refractivity contribution in [1.29, 1.82) is 0 Å². The number of hydrogen-bond donors (Lipinski definition) is 1. The molecular formula is C13H18N2O. The first-order chi connectivity index (χ1) is 7.84. The molecule has 0 aromatic carbocycles. The van der Waals surface area contributed by atoms with Gasteiger partial charge in [0.25, 0.3) is 0 Å². The third-order valence-electron chi connectivity index (χ3n) is 3.05. The average Bonchev–Trinajstić information content (AvgIpc) is 2.52. The number of pyridine rings is 1. The van der Waals surface area contributed by atoms with Crippen LogP contribution in [-0.4, -0.2) is 16.9 Å². The van der Waals surface area contributed by atoms with Gasteiger partial charge in [0.05, 0.1) is 0 Å². The predicted molar refractivity (Wildman–Crippen MR) is 63.0 cm³/mol. The van der Waals surface area contributed by atoms with Crippen LogP contribution in [0.25, 0.3) is 0 Å². The van der Waals surface area contributed by atoms with Gasteiger partial charge in [-0.05, 0) is 37.8 Å². The lowest BCUT2D eigenvalue weighted by Gasteiger charge is -2.15. The highest BCUT2D eigenvalue weighted by atomic mass is 16.1. The number of aromatic nitrogens is 1. The molecule has 0 bridgehead atoms. The van der Waals surface area contributed by atoms with Crippen LogP contribution in [0.4, 0.5) is 0 Å². The molecule has 2 heterocycles. The Morgan fingerprint density at radius 2 is 2.31 bits per heavy atom. The molecule has 16 heavy (non-hydrogen) atoms. The van der Waals surface area contributed by atoms with Crippen LogP contribution < -0.4 is 5.32 Å². The summed E-state index contributed by atoms with van der Waals surface area (Å²) in [5.41, 5.74) is 1.11. The van der Waals surface area contributed by atoms with E-state index in [-0.39, 0.29) is 5.91 Å². The highest BCUT2D eigenvalue weighted by molar-refractivity contribution is 5.76. The van der Waals surface area contributed by atoms with Gasteiger partial charge in [0, 0.05) is 24.4 Å². The summed E-state index contributed by atoms with van der Waals surface area (Å²) in [6, 6.07) is 6.32. The van der Waals surface area contributed by atoms with Crippen LogP contribution in [-0.2, 0) is 11.2 Å². The van der Waals surface area contributed by atoms with Crippen LogP contribution in [0, 0.1) is 0 Å². The lowest BCUT2D eigenvalue weighted by molar-refractivity contribution is -0.121. The smallest absolute Gasteiger partial charge is 0.220 e. The van der Waals surface area contributed by atoms with Crippen LogP contribution in [0.15, 0.2) is 24.4 Å². The Bertz CT molecular complexity index is 337. The molecule has 2 rings (SSSR count). The Kier molecular flexibility index (Phi) is 3.91. The van der Waals surface area contributed by atoms with Gasteiger partial charge in [0.2, 0.25) is 5.91 Å². The SMILES string of the molecule is O=C1CCCCC(CCc2ccccn2)N1. The predicted octanol–water partition coefficient (Wildman–Crippen LogP) is 2.07. The summed E-state index contributed by atoms with van der Waals surface area (Å²) in [4.78, 5) is 15.7. The van der Waals surface area contributed by atoms with Gasteiger partial charge >= 0.3 is 0 Å². The first-order valence-electron chi connectivity index (χ1n) is 6.04. The topological polar surface area (TPSA) is 42.0 Å². The third-order valence-corrected chi connectivity index (χ3v) is 3.05. The van der Waals surface area contributed by atoms with Gasteiger partial charge in [0.1, 0.15) is 0 Å². The number of aryl methyl sites for hydroxylation is 1. The molecular weight excluding hydrogens is 200 g/mol. The van der Waals surface area contributed by atoms with Crippen molar-refractivity contribution in [3.05, 3.63) is 30.1 Å². The minimum absolute atomic E-state index is 0.212. The van der Waals surface area contributed by atoms with E-state index in [1.54, 1.807) is 0 Å². The van der Waals surface area contributed by atoms with Gasteiger partial charge in [-0.15, -0.1) is 0 Å². The molecule has 1 fully saturated rings. The van der Waals surface area contributed by atoms with Crippen LogP contribution >= 0.6 is 0 Å². The maximum absolute atomic E-state index is 11.4. The van der Waals surface area contributed by atoms with E-state index in [4.69, 9.17) is 0 Å². The first kappa shape index (κ1) is 11.1. The van der Waals surface area contributed by atoms with Crippen molar-refractivity contribution in [2.45, 2.75) is 44.6 Å². The standard InChI is InChI=1S/C13H18N2O/c16-13-7-2-1-6-12(15-13)9-8-11-5-3-4-10-14-11/h3-5,10,12H,1-2,6-9H2,(H,15,16). The summed E-state index contributed by atoms with van der Waals surface area (Å²) in [5.74, 6) is 0.212. The molecule has 1 aliphatic rings. The van der Waals surface area contributed by atoms with Crippen LogP contribution in [0.5, 0.6) is 0 Å². The van der Waals surface area contributed by atoms with Gasteiger partial charge in [-0.2, -0.15) is 0 Å². The minimum atomic E-state index is 0.212. The maximum Gasteiger partial charge on any atom is 0.220 e. The second-order valence-electron chi connectivity index (χ2n) is 4.37. The number of nitrogens with one attached hydrogen (secondary N) is 1. The Morgan fingerprint density at radius 3 is 3.12 bits per heavy atom. The van der Waals surface area contributed by atoms with Crippen LogP contribution in [0.2, 0.25) is 0 Å². The highest BCUT2D eigenvalue weighted by Crippen LogP contribution is 2.13. The summed E-state index contributed by atoms with van der Waals surface area (Å²) in [6.45, 7) is 0. The summed E-state index contributed by atoms with van der Waals surface area (Å²) in [5, 5.41) is 3.08. The monoisotopic (exact) mass is 218 g/mol. The maximum atomic E-state index is 11.4. The average molecular weight is 218 g/mol. The largest absolute Gasteiger partial charge is 0.353 e. The van der Waals surface area contributed by atoms with Crippen LogP contribution in [0.3, 0.4) is 0 Å². The zero-order valence-electron chi connectivity index (χ0n) is 9.48. The summed E-state index contributed by atoms with van der Waals surface area (Å²) >= 11 is 0.